The maximum atomic E-state index is 12.9. The third kappa shape index (κ3) is 2.68. The molecule has 0 saturated heterocycles. The van der Waals surface area contributed by atoms with Gasteiger partial charge in [-0.25, -0.2) is 0 Å². The number of allylic oxidation sites excluding steroid dienone is 1. The van der Waals surface area contributed by atoms with Crippen LogP contribution in [-0.2, 0) is 4.79 Å². The number of Topliss-reactive ketones (excluding diaryl/α,β-unsaturated/α-hetero) is 1. The second-order valence-electron chi connectivity index (χ2n) is 6.72. The summed E-state index contributed by atoms with van der Waals surface area (Å²) >= 11 is 0. The van der Waals surface area contributed by atoms with Crippen LogP contribution in [0, 0.1) is 0 Å². The normalized spacial score (nSPS) is 19.0. The molecule has 136 valence electrons. The van der Waals surface area contributed by atoms with Crippen LogP contribution in [-0.4, -0.2) is 16.7 Å². The van der Waals surface area contributed by atoms with Gasteiger partial charge in [0.1, 0.15) is 11.5 Å². The topological polar surface area (TPSA) is 65.5 Å². The molecule has 0 saturated carbocycles. The number of nitrogens with zero attached hydrogens (tertiary/aromatic N) is 1. The molecule has 2 aliphatic heterocycles. The molecule has 1 atom stereocenters. The Balaban J connectivity index is 1.63. The summed E-state index contributed by atoms with van der Waals surface area (Å²) < 4.78 is 11.4. The van der Waals surface area contributed by atoms with E-state index in [0.29, 0.717) is 17.1 Å². The van der Waals surface area contributed by atoms with Crippen LogP contribution in [0.15, 0.2) is 72.8 Å². The Kier molecular flexibility index (Phi) is 3.79. The molecule has 0 bridgehead atoms. The van der Waals surface area contributed by atoms with E-state index in [1.807, 2.05) is 36.4 Å². The first-order valence-corrected chi connectivity index (χ1v) is 8.97. The lowest BCUT2D eigenvalue weighted by atomic mass is 9.85. The maximum absolute atomic E-state index is 12.9. The van der Waals surface area contributed by atoms with Gasteiger partial charge < -0.3 is 9.47 Å². The van der Waals surface area contributed by atoms with Crippen LogP contribution in [0.3, 0.4) is 0 Å². The molecule has 3 aromatic rings. The van der Waals surface area contributed by atoms with Gasteiger partial charge in [-0.05, 0) is 35.4 Å². The van der Waals surface area contributed by atoms with E-state index in [1.165, 1.54) is 0 Å². The zero-order valence-electron chi connectivity index (χ0n) is 14.8. The van der Waals surface area contributed by atoms with Crippen LogP contribution in [0.25, 0.3) is 6.08 Å². The summed E-state index contributed by atoms with van der Waals surface area (Å²) in [5.41, 5.74) is 2.98. The minimum absolute atomic E-state index is 0.189. The first kappa shape index (κ1) is 16.4. The van der Waals surface area contributed by atoms with Crippen LogP contribution in [0.2, 0.25) is 0 Å². The molecule has 0 unspecified atom stereocenters. The van der Waals surface area contributed by atoms with E-state index < -0.39 is 0 Å². The number of ketones is 1. The van der Waals surface area contributed by atoms with Crippen molar-refractivity contribution in [2.75, 3.05) is 0 Å². The zero-order chi connectivity index (χ0) is 19.1. The molecule has 0 fully saturated rings. The lowest BCUT2D eigenvalue weighted by Gasteiger charge is -2.26. The molecular formula is C23H15NO4. The average Bonchev–Trinajstić information content (AvgIpc) is 3.04. The Hall–Kier alpha value is -3.73. The number of rotatable bonds is 2. The number of aromatic nitrogens is 1. The van der Waals surface area contributed by atoms with Crippen LogP contribution in [0.5, 0.6) is 11.5 Å². The smallest absolute Gasteiger partial charge is 0.312 e. The Morgan fingerprint density at radius 3 is 2.61 bits per heavy atom. The van der Waals surface area contributed by atoms with Gasteiger partial charge in [-0.2, -0.15) is 0 Å². The van der Waals surface area contributed by atoms with Crippen LogP contribution < -0.4 is 9.47 Å². The number of pyridine rings is 1. The van der Waals surface area contributed by atoms with Crippen LogP contribution in [0.1, 0.15) is 39.4 Å². The van der Waals surface area contributed by atoms with Crippen molar-refractivity contribution < 1.29 is 19.1 Å². The van der Waals surface area contributed by atoms with E-state index in [9.17, 15) is 9.59 Å². The van der Waals surface area contributed by atoms with Crippen LogP contribution in [0.4, 0.5) is 0 Å². The van der Waals surface area contributed by atoms with Crippen molar-refractivity contribution >= 4 is 17.8 Å². The molecule has 0 N–H and O–H groups in total. The van der Waals surface area contributed by atoms with E-state index in [4.69, 9.17) is 9.47 Å². The van der Waals surface area contributed by atoms with E-state index in [-0.39, 0.29) is 29.9 Å². The molecule has 2 aliphatic rings. The molecule has 3 heterocycles. The van der Waals surface area contributed by atoms with Gasteiger partial charge in [0, 0.05) is 23.9 Å². The summed E-state index contributed by atoms with van der Waals surface area (Å²) in [6, 6.07) is 16.7. The van der Waals surface area contributed by atoms with Crippen LogP contribution >= 0.6 is 0 Å². The van der Waals surface area contributed by atoms with Gasteiger partial charge in [-0.15, -0.1) is 0 Å². The Labute approximate surface area is 161 Å². The molecule has 5 rings (SSSR count). The van der Waals surface area contributed by atoms with Crippen molar-refractivity contribution in [3.05, 3.63) is 95.0 Å². The molecule has 0 amide bonds. The molecule has 5 nitrogen and oxygen atoms in total. The fourth-order valence-electron chi connectivity index (χ4n) is 3.69. The maximum Gasteiger partial charge on any atom is 0.312 e. The van der Waals surface area contributed by atoms with Crippen molar-refractivity contribution in [2.45, 2.75) is 12.3 Å². The molecule has 28 heavy (non-hydrogen) atoms. The van der Waals surface area contributed by atoms with Gasteiger partial charge >= 0.3 is 5.97 Å². The molecule has 2 aromatic carbocycles. The minimum Gasteiger partial charge on any atom is -0.452 e. The third-order valence-corrected chi connectivity index (χ3v) is 4.96. The van der Waals surface area contributed by atoms with Gasteiger partial charge in [-0.1, -0.05) is 36.4 Å². The van der Waals surface area contributed by atoms with E-state index in [0.717, 1.165) is 16.7 Å². The Morgan fingerprint density at radius 1 is 0.964 bits per heavy atom. The standard InChI is InChI=1S/C23H15NO4/c25-20-12-17(15-6-2-1-3-7-15)21-18(27-20)9-8-16-22(26)19(28-23(16)21)11-14-5-4-10-24-13-14/h1-11,13,17H,12H2/b19-11-/t17-/m1/s1. The second-order valence-corrected chi connectivity index (χ2v) is 6.72. The highest BCUT2D eigenvalue weighted by molar-refractivity contribution is 6.15. The summed E-state index contributed by atoms with van der Waals surface area (Å²) in [5.74, 6) is 0.443. The van der Waals surface area contributed by atoms with Gasteiger partial charge in [0.2, 0.25) is 5.78 Å². The molecule has 1 aromatic heterocycles. The highest BCUT2D eigenvalue weighted by Gasteiger charge is 2.38. The fraction of sp³-hybridized carbons (Fsp3) is 0.0870. The quantitative estimate of drug-likeness (QED) is 0.386. The summed E-state index contributed by atoms with van der Waals surface area (Å²) in [5, 5.41) is 0. The number of hydrogen-bond donors (Lipinski definition) is 0. The first-order chi connectivity index (χ1) is 13.7. The highest BCUT2D eigenvalue weighted by Crippen LogP contribution is 2.48. The van der Waals surface area contributed by atoms with Crippen molar-refractivity contribution in [2.24, 2.45) is 0 Å². The summed E-state index contributed by atoms with van der Waals surface area (Å²) in [4.78, 5) is 29.1. The number of ether oxygens (including phenoxy) is 2. The minimum atomic E-state index is -0.295. The average molecular weight is 369 g/mol. The third-order valence-electron chi connectivity index (χ3n) is 4.96. The predicted molar refractivity (Wildman–Crippen MR) is 102 cm³/mol. The number of carbonyl (C=O) groups is 2. The SMILES string of the molecule is O=C1C[C@H](c2ccccc2)c2c(ccc3c2O/C(=C\c2cccnc2)C3=O)O1. The van der Waals surface area contributed by atoms with E-state index in [2.05, 4.69) is 4.98 Å². The number of esters is 1. The van der Waals surface area contributed by atoms with Crippen molar-refractivity contribution in [1.82, 2.24) is 4.98 Å². The van der Waals surface area contributed by atoms with Gasteiger partial charge in [0.25, 0.3) is 0 Å². The fourth-order valence-corrected chi connectivity index (χ4v) is 3.69. The molecule has 0 aliphatic carbocycles. The molecule has 5 heteroatoms. The monoisotopic (exact) mass is 369 g/mol. The number of fused-ring (bicyclic) bond motifs is 3. The van der Waals surface area contributed by atoms with Crippen molar-refractivity contribution in [1.29, 1.82) is 0 Å². The van der Waals surface area contributed by atoms with E-state index >= 15 is 0 Å². The van der Waals surface area contributed by atoms with E-state index in [1.54, 1.807) is 36.7 Å². The lowest BCUT2D eigenvalue weighted by Crippen LogP contribution is -2.21. The largest absolute Gasteiger partial charge is 0.452 e. The summed E-state index contributed by atoms with van der Waals surface area (Å²) in [6.07, 6.45) is 5.21. The zero-order valence-corrected chi connectivity index (χ0v) is 14.8. The van der Waals surface area contributed by atoms with Crippen molar-refractivity contribution in [3.8, 4) is 11.5 Å². The number of hydrogen-bond acceptors (Lipinski definition) is 5. The Bertz CT molecular complexity index is 1120. The highest BCUT2D eigenvalue weighted by atomic mass is 16.5. The second kappa shape index (κ2) is 6.46. The summed E-state index contributed by atoms with van der Waals surface area (Å²) in [6.45, 7) is 0. The predicted octanol–water partition coefficient (Wildman–Crippen LogP) is 4.14. The number of benzene rings is 2. The van der Waals surface area contributed by atoms with Gasteiger partial charge in [0.15, 0.2) is 5.76 Å². The van der Waals surface area contributed by atoms with Gasteiger partial charge in [-0.3, -0.25) is 14.6 Å². The first-order valence-electron chi connectivity index (χ1n) is 8.97. The van der Waals surface area contributed by atoms with Gasteiger partial charge in [0.05, 0.1) is 12.0 Å². The molecular weight excluding hydrogens is 354 g/mol. The van der Waals surface area contributed by atoms with Crippen molar-refractivity contribution in [3.63, 3.8) is 0 Å². The summed E-state index contributed by atoms with van der Waals surface area (Å²) in [7, 11) is 0. The Morgan fingerprint density at radius 2 is 1.82 bits per heavy atom. The lowest BCUT2D eigenvalue weighted by molar-refractivity contribution is -0.135. The number of carbonyl (C=O) groups excluding carboxylic acids is 2. The molecule has 0 spiro atoms. The molecule has 0 radical (unpaired) electrons.